The second-order valence-electron chi connectivity index (χ2n) is 7.75. The molecule has 4 rings (SSSR count). The van der Waals surface area contributed by atoms with Crippen LogP contribution in [0.15, 0.2) is 82.0 Å². The molecule has 2 N–H and O–H groups in total. The lowest BCUT2D eigenvalue weighted by molar-refractivity contribution is -0.137. The summed E-state index contributed by atoms with van der Waals surface area (Å²) in [6, 6.07) is 18.2. The maximum absolute atomic E-state index is 13.9. The highest BCUT2D eigenvalue weighted by atomic mass is 19.4. The van der Waals surface area contributed by atoms with Gasteiger partial charge in [-0.3, -0.25) is 9.59 Å². The van der Waals surface area contributed by atoms with E-state index in [9.17, 15) is 22.8 Å². The highest BCUT2D eigenvalue weighted by molar-refractivity contribution is 5.80. The van der Waals surface area contributed by atoms with Gasteiger partial charge in [0.25, 0.3) is 0 Å². The van der Waals surface area contributed by atoms with E-state index in [1.165, 1.54) is 18.2 Å². The zero-order valence-corrected chi connectivity index (χ0v) is 17.9. The van der Waals surface area contributed by atoms with Crippen LogP contribution >= 0.6 is 0 Å². The summed E-state index contributed by atoms with van der Waals surface area (Å²) in [4.78, 5) is 23.2. The Hall–Kier alpha value is -3.91. The van der Waals surface area contributed by atoms with E-state index in [1.807, 2.05) is 0 Å². The molecule has 0 unspecified atom stereocenters. The van der Waals surface area contributed by atoms with E-state index in [0.717, 1.165) is 11.6 Å². The molecule has 1 heterocycles. The maximum atomic E-state index is 13.9. The molecular weight excluding hydrogens is 447 g/mol. The van der Waals surface area contributed by atoms with Crippen LogP contribution in [0, 0.1) is 0 Å². The SMILES string of the molecule is O=C(O)CCNCc1ccc2c(=O)cc(-c3ccc(-c4ccccc4)c(C(F)(F)F)c3)oc2c1. The van der Waals surface area contributed by atoms with Crippen LogP contribution in [0.4, 0.5) is 13.2 Å². The van der Waals surface area contributed by atoms with Gasteiger partial charge >= 0.3 is 12.1 Å². The Morgan fingerprint density at radius 1 is 0.941 bits per heavy atom. The van der Waals surface area contributed by atoms with Crippen LogP contribution in [0.1, 0.15) is 17.5 Å². The van der Waals surface area contributed by atoms with Crippen LogP contribution in [-0.4, -0.2) is 17.6 Å². The van der Waals surface area contributed by atoms with Gasteiger partial charge in [-0.05, 0) is 34.9 Å². The molecule has 0 saturated heterocycles. The number of benzene rings is 3. The van der Waals surface area contributed by atoms with Crippen molar-refractivity contribution in [3.05, 3.63) is 94.1 Å². The van der Waals surface area contributed by atoms with E-state index in [4.69, 9.17) is 9.52 Å². The van der Waals surface area contributed by atoms with Crippen molar-refractivity contribution in [2.75, 3.05) is 6.54 Å². The van der Waals surface area contributed by atoms with Crippen LogP contribution in [0.2, 0.25) is 0 Å². The van der Waals surface area contributed by atoms with Crippen LogP contribution < -0.4 is 10.7 Å². The first-order valence-electron chi connectivity index (χ1n) is 10.5. The number of carbonyl (C=O) groups is 1. The number of hydrogen-bond donors (Lipinski definition) is 2. The minimum absolute atomic E-state index is 0.0265. The van der Waals surface area contributed by atoms with Gasteiger partial charge in [0.1, 0.15) is 11.3 Å². The van der Waals surface area contributed by atoms with Gasteiger partial charge in [-0.2, -0.15) is 13.2 Å². The third-order valence-electron chi connectivity index (χ3n) is 5.33. The molecule has 0 aliphatic carbocycles. The minimum atomic E-state index is -4.60. The summed E-state index contributed by atoms with van der Waals surface area (Å²) < 4.78 is 47.5. The molecule has 0 bridgehead atoms. The third-order valence-corrected chi connectivity index (χ3v) is 5.33. The van der Waals surface area contributed by atoms with Gasteiger partial charge in [-0.15, -0.1) is 0 Å². The van der Waals surface area contributed by atoms with Crippen molar-refractivity contribution in [1.82, 2.24) is 5.32 Å². The number of carboxylic acid groups (broad SMARTS) is 1. The Kier molecular flexibility index (Phi) is 6.51. The summed E-state index contributed by atoms with van der Waals surface area (Å²) in [6.45, 7) is 0.618. The normalized spacial score (nSPS) is 11.6. The quantitative estimate of drug-likeness (QED) is 0.341. The average Bonchev–Trinajstić information content (AvgIpc) is 2.81. The van der Waals surface area contributed by atoms with E-state index >= 15 is 0 Å². The van der Waals surface area contributed by atoms with Gasteiger partial charge in [-0.25, -0.2) is 0 Å². The van der Waals surface area contributed by atoms with Crippen LogP contribution in [-0.2, 0) is 17.5 Å². The van der Waals surface area contributed by atoms with E-state index in [-0.39, 0.29) is 40.9 Å². The predicted molar refractivity (Wildman–Crippen MR) is 122 cm³/mol. The van der Waals surface area contributed by atoms with Crippen molar-refractivity contribution in [3.63, 3.8) is 0 Å². The number of nitrogens with one attached hydrogen (secondary N) is 1. The van der Waals surface area contributed by atoms with Gasteiger partial charge in [0.15, 0.2) is 5.43 Å². The zero-order chi connectivity index (χ0) is 24.3. The lowest BCUT2D eigenvalue weighted by Gasteiger charge is -2.15. The molecule has 0 atom stereocenters. The molecule has 0 aliphatic rings. The summed E-state index contributed by atoms with van der Waals surface area (Å²) in [6.07, 6.45) is -4.64. The second-order valence-corrected chi connectivity index (χ2v) is 7.75. The lowest BCUT2D eigenvalue weighted by Crippen LogP contribution is -2.17. The molecule has 0 spiro atoms. The standard InChI is InChI=1S/C26H20F3NO4/c27-26(28,29)21-13-18(7-9-19(21)17-4-2-1-3-5-17)23-14-22(31)20-8-6-16(12-24(20)34-23)15-30-11-10-25(32)33/h1-9,12-14,30H,10-11,15H2,(H,32,33). The molecule has 0 aliphatic heterocycles. The van der Waals surface area contributed by atoms with Crippen LogP contribution in [0.25, 0.3) is 33.4 Å². The first kappa shape index (κ1) is 23.3. The number of halogens is 3. The number of carboxylic acids is 1. The van der Waals surface area contributed by atoms with Gasteiger partial charge in [0.05, 0.1) is 17.4 Å². The number of fused-ring (bicyclic) bond motifs is 1. The molecule has 4 aromatic rings. The molecule has 174 valence electrons. The van der Waals surface area contributed by atoms with Gasteiger partial charge in [0.2, 0.25) is 0 Å². The summed E-state index contributed by atoms with van der Waals surface area (Å²) >= 11 is 0. The Balaban J connectivity index is 1.72. The highest BCUT2D eigenvalue weighted by Gasteiger charge is 2.34. The fourth-order valence-corrected chi connectivity index (χ4v) is 3.68. The molecule has 8 heteroatoms. The minimum Gasteiger partial charge on any atom is -0.481 e. The fourth-order valence-electron chi connectivity index (χ4n) is 3.68. The highest BCUT2D eigenvalue weighted by Crippen LogP contribution is 2.39. The first-order chi connectivity index (χ1) is 16.2. The van der Waals surface area contributed by atoms with Crippen LogP contribution in [0.5, 0.6) is 0 Å². The van der Waals surface area contributed by atoms with Crippen molar-refractivity contribution in [2.24, 2.45) is 0 Å². The molecule has 34 heavy (non-hydrogen) atoms. The van der Waals surface area contributed by atoms with Gasteiger partial charge < -0.3 is 14.8 Å². The summed E-state index contributed by atoms with van der Waals surface area (Å²) in [5.74, 6) is -0.892. The molecule has 1 aromatic heterocycles. The Bertz CT molecular complexity index is 1400. The Morgan fingerprint density at radius 2 is 1.71 bits per heavy atom. The Labute approximate surface area is 192 Å². The average molecular weight is 467 g/mol. The van der Waals surface area contributed by atoms with Gasteiger partial charge in [0, 0.05) is 24.7 Å². The smallest absolute Gasteiger partial charge is 0.417 e. The Morgan fingerprint density at radius 3 is 2.41 bits per heavy atom. The molecule has 3 aromatic carbocycles. The van der Waals surface area contributed by atoms with Crippen molar-refractivity contribution < 1.29 is 27.5 Å². The number of hydrogen-bond acceptors (Lipinski definition) is 4. The van der Waals surface area contributed by atoms with Crippen molar-refractivity contribution in [3.8, 4) is 22.5 Å². The molecule has 0 saturated carbocycles. The van der Waals surface area contributed by atoms with E-state index in [0.29, 0.717) is 17.5 Å². The topological polar surface area (TPSA) is 79.5 Å². The zero-order valence-electron chi connectivity index (χ0n) is 17.9. The lowest BCUT2D eigenvalue weighted by atomic mass is 9.96. The number of alkyl halides is 3. The van der Waals surface area contributed by atoms with Gasteiger partial charge in [-0.1, -0.05) is 48.5 Å². The third kappa shape index (κ3) is 5.18. The maximum Gasteiger partial charge on any atom is 0.417 e. The predicted octanol–water partition coefficient (Wildman–Crippen LogP) is 5.71. The van der Waals surface area contributed by atoms with E-state index in [2.05, 4.69) is 5.32 Å². The molecule has 0 radical (unpaired) electrons. The monoisotopic (exact) mass is 467 g/mol. The number of aliphatic carboxylic acids is 1. The first-order valence-corrected chi connectivity index (χ1v) is 10.5. The fraction of sp³-hybridized carbons (Fsp3) is 0.154. The molecule has 5 nitrogen and oxygen atoms in total. The summed E-state index contributed by atoms with van der Waals surface area (Å²) in [5, 5.41) is 12.0. The largest absolute Gasteiger partial charge is 0.481 e. The van der Waals surface area contributed by atoms with Crippen molar-refractivity contribution in [1.29, 1.82) is 0 Å². The summed E-state index contributed by atoms with van der Waals surface area (Å²) in [7, 11) is 0. The van der Waals surface area contributed by atoms with Crippen molar-refractivity contribution >= 4 is 16.9 Å². The molecule has 0 amide bonds. The van der Waals surface area contributed by atoms with E-state index in [1.54, 1.807) is 48.5 Å². The molecule has 0 fully saturated rings. The number of rotatable bonds is 7. The second kappa shape index (κ2) is 9.52. The summed E-state index contributed by atoms with van der Waals surface area (Å²) in [5.41, 5.74) is 0.388. The van der Waals surface area contributed by atoms with Crippen LogP contribution in [0.3, 0.4) is 0 Å². The van der Waals surface area contributed by atoms with E-state index < -0.39 is 17.7 Å². The molecular formula is C26H20F3NO4. The van der Waals surface area contributed by atoms with Crippen molar-refractivity contribution in [2.45, 2.75) is 19.1 Å².